The molecular weight excluding hydrogens is 416 g/mol. The Balaban J connectivity index is 1.39. The maximum absolute atomic E-state index is 13.2. The lowest BCUT2D eigenvalue weighted by atomic mass is 10.1. The quantitative estimate of drug-likeness (QED) is 0.541. The third kappa shape index (κ3) is 3.23. The largest absolute Gasteiger partial charge is 0.497 e. The average molecular weight is 434 g/mol. The molecule has 5 rings (SSSR count). The number of ether oxygens (including phenoxy) is 2. The minimum Gasteiger partial charge on any atom is -0.497 e. The van der Waals surface area contributed by atoms with Gasteiger partial charge in [-0.25, -0.2) is 4.90 Å². The number of rotatable bonds is 6. The number of imide groups is 1. The van der Waals surface area contributed by atoms with E-state index in [1.54, 1.807) is 18.2 Å². The van der Waals surface area contributed by atoms with E-state index in [-0.39, 0.29) is 12.4 Å². The van der Waals surface area contributed by atoms with Gasteiger partial charge in [0.2, 0.25) is 11.7 Å². The van der Waals surface area contributed by atoms with E-state index in [4.69, 9.17) is 14.0 Å². The normalized spacial score (nSPS) is 19.6. The molecule has 3 aromatic rings. The van der Waals surface area contributed by atoms with Crippen molar-refractivity contribution in [3.8, 4) is 22.9 Å². The lowest BCUT2D eigenvalue weighted by Crippen LogP contribution is -2.39. The van der Waals surface area contributed by atoms with E-state index < -0.39 is 23.9 Å². The molecule has 2 aromatic carbocycles. The van der Waals surface area contributed by atoms with Gasteiger partial charge in [0.05, 0.1) is 19.9 Å². The van der Waals surface area contributed by atoms with Gasteiger partial charge in [-0.15, -0.1) is 0 Å². The molecule has 11 nitrogen and oxygen atoms in total. The molecule has 11 heteroatoms. The molecule has 1 saturated heterocycles. The van der Waals surface area contributed by atoms with Crippen LogP contribution in [-0.4, -0.2) is 53.3 Å². The van der Waals surface area contributed by atoms with Crippen LogP contribution < -0.4 is 14.4 Å². The van der Waals surface area contributed by atoms with Crippen LogP contribution in [-0.2, 0) is 16.1 Å². The van der Waals surface area contributed by atoms with Gasteiger partial charge in [-0.05, 0) is 0 Å². The average Bonchev–Trinajstić information content (AvgIpc) is 3.52. The number of aromatic nitrogens is 2. The van der Waals surface area contributed by atoms with Crippen LogP contribution in [0.5, 0.6) is 11.5 Å². The molecular formula is C21H18N6O5. The van der Waals surface area contributed by atoms with E-state index in [9.17, 15) is 9.59 Å². The van der Waals surface area contributed by atoms with Crippen LogP contribution in [0.3, 0.4) is 0 Å². The predicted molar refractivity (Wildman–Crippen MR) is 110 cm³/mol. The van der Waals surface area contributed by atoms with Crippen molar-refractivity contribution < 1.29 is 23.6 Å². The zero-order valence-electron chi connectivity index (χ0n) is 17.2. The third-order valence-corrected chi connectivity index (χ3v) is 5.25. The van der Waals surface area contributed by atoms with Crippen LogP contribution in [0.4, 0.5) is 5.69 Å². The molecule has 2 atom stereocenters. The molecule has 3 heterocycles. The molecule has 0 radical (unpaired) electrons. The number of amides is 2. The molecule has 162 valence electrons. The van der Waals surface area contributed by atoms with Gasteiger partial charge in [0.15, 0.2) is 12.1 Å². The summed E-state index contributed by atoms with van der Waals surface area (Å²) < 4.78 is 15.8. The summed E-state index contributed by atoms with van der Waals surface area (Å²) in [4.78, 5) is 31.6. The summed E-state index contributed by atoms with van der Waals surface area (Å²) in [5.74, 6) is 0.655. The molecule has 2 aliphatic rings. The summed E-state index contributed by atoms with van der Waals surface area (Å²) in [6, 6.07) is 12.3. The zero-order valence-corrected chi connectivity index (χ0v) is 17.2. The highest BCUT2D eigenvalue weighted by Crippen LogP contribution is 2.36. The molecule has 0 aliphatic carbocycles. The lowest BCUT2D eigenvalue weighted by Gasteiger charge is -2.20. The number of carbonyl (C=O) groups is 2. The third-order valence-electron chi connectivity index (χ3n) is 5.25. The van der Waals surface area contributed by atoms with Crippen LogP contribution >= 0.6 is 0 Å². The Morgan fingerprint density at radius 3 is 2.41 bits per heavy atom. The first kappa shape index (κ1) is 19.7. The minimum atomic E-state index is -0.948. The Hall–Kier alpha value is -4.28. The Morgan fingerprint density at radius 1 is 1.00 bits per heavy atom. The number of anilines is 1. The van der Waals surface area contributed by atoms with Crippen LogP contribution in [0.1, 0.15) is 5.89 Å². The maximum atomic E-state index is 13.2. The fourth-order valence-electron chi connectivity index (χ4n) is 3.69. The highest BCUT2D eigenvalue weighted by molar-refractivity contribution is 6.25. The van der Waals surface area contributed by atoms with Gasteiger partial charge in [0.25, 0.3) is 11.8 Å². The fraction of sp³-hybridized carbons (Fsp3) is 0.238. The van der Waals surface area contributed by atoms with Crippen molar-refractivity contribution in [3.05, 3.63) is 54.4 Å². The van der Waals surface area contributed by atoms with E-state index in [1.165, 1.54) is 19.2 Å². The molecule has 32 heavy (non-hydrogen) atoms. The SMILES string of the molecule is COc1cc(OC)cc(N2C(=O)[C@H]3N=NN(Cc4nc(-c5ccccc5)no4)[C@H]3C2=O)c1. The summed E-state index contributed by atoms with van der Waals surface area (Å²) in [6.45, 7) is 0.0405. The molecule has 0 spiro atoms. The van der Waals surface area contributed by atoms with Gasteiger partial charge >= 0.3 is 0 Å². The zero-order chi connectivity index (χ0) is 22.2. The number of methoxy groups -OCH3 is 2. The number of carbonyl (C=O) groups excluding carboxylic acids is 2. The Bertz CT molecular complexity index is 1190. The molecule has 1 aromatic heterocycles. The van der Waals surface area contributed by atoms with E-state index in [2.05, 4.69) is 20.5 Å². The van der Waals surface area contributed by atoms with Crippen LogP contribution in [0.25, 0.3) is 11.4 Å². The fourth-order valence-corrected chi connectivity index (χ4v) is 3.69. The molecule has 2 aliphatic heterocycles. The highest BCUT2D eigenvalue weighted by atomic mass is 16.5. The van der Waals surface area contributed by atoms with E-state index in [1.807, 2.05) is 30.3 Å². The number of hydrogen-bond donors (Lipinski definition) is 0. The topological polar surface area (TPSA) is 123 Å². The summed E-state index contributed by atoms with van der Waals surface area (Å²) in [5, 5.41) is 13.4. The second kappa shape index (κ2) is 7.76. The van der Waals surface area contributed by atoms with Gasteiger partial charge < -0.3 is 14.0 Å². The Kier molecular flexibility index (Phi) is 4.77. The Morgan fingerprint density at radius 2 is 1.72 bits per heavy atom. The van der Waals surface area contributed by atoms with E-state index in [0.717, 1.165) is 10.5 Å². The van der Waals surface area contributed by atoms with Crippen LogP contribution in [0.2, 0.25) is 0 Å². The van der Waals surface area contributed by atoms with Crippen molar-refractivity contribution in [3.63, 3.8) is 0 Å². The first-order valence-electron chi connectivity index (χ1n) is 9.75. The second-order valence-corrected chi connectivity index (χ2v) is 7.15. The number of nitrogens with zero attached hydrogens (tertiary/aromatic N) is 6. The van der Waals surface area contributed by atoms with Crippen molar-refractivity contribution in [1.29, 1.82) is 0 Å². The van der Waals surface area contributed by atoms with Crippen molar-refractivity contribution in [2.24, 2.45) is 10.3 Å². The maximum Gasteiger partial charge on any atom is 0.263 e. The predicted octanol–water partition coefficient (Wildman–Crippen LogP) is 2.25. The van der Waals surface area contributed by atoms with Crippen molar-refractivity contribution in [2.75, 3.05) is 19.1 Å². The molecule has 0 unspecified atom stereocenters. The first-order valence-corrected chi connectivity index (χ1v) is 9.75. The van der Waals surface area contributed by atoms with Crippen molar-refractivity contribution >= 4 is 17.5 Å². The molecule has 0 N–H and O–H groups in total. The van der Waals surface area contributed by atoms with Gasteiger partial charge in [0, 0.05) is 23.8 Å². The standard InChI is InChI=1S/C21H18N6O5/c1-30-14-8-13(9-15(10-14)31-2)27-20(28)17-18(21(27)29)26(25-23-17)11-16-22-19(24-32-16)12-6-4-3-5-7-12/h3-10,17-18H,11H2,1-2H3/t17-,18+/m0/s1. The van der Waals surface area contributed by atoms with Crippen LogP contribution in [0, 0.1) is 0 Å². The Labute approximate surface area is 182 Å². The number of fused-ring (bicyclic) bond motifs is 1. The van der Waals surface area contributed by atoms with Crippen LogP contribution in [0.15, 0.2) is 63.4 Å². The monoisotopic (exact) mass is 434 g/mol. The second-order valence-electron chi connectivity index (χ2n) is 7.15. The first-order chi connectivity index (χ1) is 15.6. The summed E-state index contributed by atoms with van der Waals surface area (Å²) >= 11 is 0. The smallest absolute Gasteiger partial charge is 0.263 e. The van der Waals surface area contributed by atoms with Crippen molar-refractivity contribution in [1.82, 2.24) is 15.1 Å². The summed E-state index contributed by atoms with van der Waals surface area (Å²) in [6.07, 6.45) is 0. The number of benzene rings is 2. The van der Waals surface area contributed by atoms with Gasteiger partial charge in [0.1, 0.15) is 18.0 Å². The van der Waals surface area contributed by atoms with E-state index in [0.29, 0.717) is 23.0 Å². The minimum absolute atomic E-state index is 0.0405. The van der Waals surface area contributed by atoms with Gasteiger partial charge in [-0.2, -0.15) is 10.1 Å². The van der Waals surface area contributed by atoms with Crippen molar-refractivity contribution in [2.45, 2.75) is 18.6 Å². The number of hydrogen-bond acceptors (Lipinski definition) is 10. The molecule has 2 amide bonds. The highest BCUT2D eigenvalue weighted by Gasteiger charge is 2.55. The summed E-state index contributed by atoms with van der Waals surface area (Å²) in [5.41, 5.74) is 1.14. The molecule has 0 bridgehead atoms. The van der Waals surface area contributed by atoms with E-state index >= 15 is 0 Å². The summed E-state index contributed by atoms with van der Waals surface area (Å²) in [7, 11) is 2.98. The lowest BCUT2D eigenvalue weighted by molar-refractivity contribution is -0.123. The molecule has 1 fully saturated rings. The van der Waals surface area contributed by atoms with Gasteiger partial charge in [-0.3, -0.25) is 14.6 Å². The van der Waals surface area contributed by atoms with Gasteiger partial charge in [-0.1, -0.05) is 40.7 Å². The molecule has 0 saturated carbocycles.